The lowest BCUT2D eigenvalue weighted by Crippen LogP contribution is -2.25. The van der Waals surface area contributed by atoms with E-state index in [0.717, 1.165) is 0 Å². The van der Waals surface area contributed by atoms with E-state index in [1.165, 1.54) is 18.2 Å². The molecule has 0 aromatic heterocycles. The quantitative estimate of drug-likeness (QED) is 0.798. The molecule has 0 unspecified atom stereocenters. The number of halogens is 1. The molecule has 0 aliphatic carbocycles. The van der Waals surface area contributed by atoms with Gasteiger partial charge in [-0.25, -0.2) is 8.42 Å². The van der Waals surface area contributed by atoms with Crippen molar-refractivity contribution >= 4 is 33.0 Å². The van der Waals surface area contributed by atoms with Crippen molar-refractivity contribution in [1.82, 2.24) is 5.32 Å². The molecule has 0 spiro atoms. The average Bonchev–Trinajstić information content (AvgIpc) is 2.30. The minimum Gasteiger partial charge on any atom is -0.398 e. The summed E-state index contributed by atoms with van der Waals surface area (Å²) < 4.78 is 23.8. The fourth-order valence-corrected chi connectivity index (χ4v) is 2.84. The molecular weight excluding hydrogens is 276 g/mol. The maximum Gasteiger partial charge on any atom is 0.221 e. The van der Waals surface area contributed by atoms with Gasteiger partial charge in [-0.2, -0.15) is 0 Å². The minimum absolute atomic E-state index is 0.0713. The first-order chi connectivity index (χ1) is 8.36. The Balaban J connectivity index is 2.80. The number of amides is 1. The molecule has 7 heteroatoms. The summed E-state index contributed by atoms with van der Waals surface area (Å²) in [6, 6.07) is 4.11. The van der Waals surface area contributed by atoms with Crippen LogP contribution in [0, 0.1) is 0 Å². The first kappa shape index (κ1) is 14.8. The minimum atomic E-state index is -3.51. The maximum absolute atomic E-state index is 11.9. The van der Waals surface area contributed by atoms with Crippen molar-refractivity contribution in [1.29, 1.82) is 0 Å². The number of benzene rings is 1. The first-order valence-electron chi connectivity index (χ1n) is 5.41. The summed E-state index contributed by atoms with van der Waals surface area (Å²) >= 11 is 5.76. The first-order valence-corrected chi connectivity index (χ1v) is 7.44. The van der Waals surface area contributed by atoms with Gasteiger partial charge in [0.1, 0.15) is 0 Å². The fraction of sp³-hybridized carbons (Fsp3) is 0.364. The standard InChI is InChI=1S/C11H15ClN2O3S/c1-2-14-11(15)5-6-18(16,17)8-3-4-10(13)9(12)7-8/h3-4,7H,2,5-6,13H2,1H3,(H,14,15). The Morgan fingerprint density at radius 2 is 2.11 bits per heavy atom. The average molecular weight is 291 g/mol. The molecular formula is C11H15ClN2O3S. The normalized spacial score (nSPS) is 11.2. The van der Waals surface area contributed by atoms with E-state index in [9.17, 15) is 13.2 Å². The molecule has 3 N–H and O–H groups in total. The predicted molar refractivity (Wildman–Crippen MR) is 71.2 cm³/mol. The predicted octanol–water partition coefficient (Wildman–Crippen LogP) is 1.22. The Hall–Kier alpha value is -1.27. The highest BCUT2D eigenvalue weighted by Crippen LogP contribution is 2.23. The van der Waals surface area contributed by atoms with E-state index in [0.29, 0.717) is 12.2 Å². The second kappa shape index (κ2) is 6.06. The maximum atomic E-state index is 11.9. The second-order valence-electron chi connectivity index (χ2n) is 3.71. The van der Waals surface area contributed by atoms with Gasteiger partial charge in [-0.05, 0) is 25.1 Å². The Kier molecular flexibility index (Phi) is 4.98. The molecule has 0 saturated heterocycles. The number of carbonyl (C=O) groups excluding carboxylic acids is 1. The van der Waals surface area contributed by atoms with Crippen molar-refractivity contribution in [3.05, 3.63) is 23.2 Å². The van der Waals surface area contributed by atoms with E-state index in [1.54, 1.807) is 6.92 Å². The third kappa shape index (κ3) is 3.89. The van der Waals surface area contributed by atoms with Crippen LogP contribution in [0.15, 0.2) is 23.1 Å². The van der Waals surface area contributed by atoms with E-state index < -0.39 is 9.84 Å². The Labute approximate surface area is 111 Å². The molecule has 0 fully saturated rings. The highest BCUT2D eigenvalue weighted by atomic mass is 35.5. The van der Waals surface area contributed by atoms with Gasteiger partial charge < -0.3 is 11.1 Å². The summed E-state index contributed by atoms with van der Waals surface area (Å²) in [7, 11) is -3.51. The van der Waals surface area contributed by atoms with Gasteiger partial charge in [0.2, 0.25) is 5.91 Å². The summed E-state index contributed by atoms with van der Waals surface area (Å²) in [5, 5.41) is 2.73. The zero-order valence-corrected chi connectivity index (χ0v) is 11.5. The zero-order chi connectivity index (χ0) is 13.8. The molecule has 1 aromatic carbocycles. The summed E-state index contributed by atoms with van der Waals surface area (Å²) in [5.74, 6) is -0.540. The van der Waals surface area contributed by atoms with E-state index >= 15 is 0 Å². The molecule has 1 amide bonds. The van der Waals surface area contributed by atoms with Crippen LogP contribution in [0.3, 0.4) is 0 Å². The SMILES string of the molecule is CCNC(=O)CCS(=O)(=O)c1ccc(N)c(Cl)c1. The van der Waals surface area contributed by atoms with Gasteiger partial charge >= 0.3 is 0 Å². The molecule has 1 rings (SSSR count). The smallest absolute Gasteiger partial charge is 0.221 e. The van der Waals surface area contributed by atoms with Crippen LogP contribution in [0.2, 0.25) is 5.02 Å². The van der Waals surface area contributed by atoms with Crippen LogP contribution in [0.4, 0.5) is 5.69 Å². The van der Waals surface area contributed by atoms with Crippen LogP contribution in [-0.2, 0) is 14.6 Å². The topological polar surface area (TPSA) is 89.3 Å². The molecule has 0 saturated carbocycles. The van der Waals surface area contributed by atoms with Crippen LogP contribution >= 0.6 is 11.6 Å². The molecule has 0 atom stereocenters. The lowest BCUT2D eigenvalue weighted by Gasteiger charge is -2.06. The number of anilines is 1. The molecule has 0 heterocycles. The summed E-state index contributed by atoms with van der Waals surface area (Å²) in [5.41, 5.74) is 5.82. The van der Waals surface area contributed by atoms with Gasteiger partial charge in [-0.3, -0.25) is 4.79 Å². The number of rotatable bonds is 5. The van der Waals surface area contributed by atoms with Gasteiger partial charge in [-0.1, -0.05) is 11.6 Å². The van der Waals surface area contributed by atoms with Gasteiger partial charge in [0.25, 0.3) is 0 Å². The number of nitrogen functional groups attached to an aromatic ring is 1. The molecule has 1 aromatic rings. The highest BCUT2D eigenvalue weighted by molar-refractivity contribution is 7.91. The van der Waals surface area contributed by atoms with Crippen molar-refractivity contribution in [2.45, 2.75) is 18.2 Å². The Morgan fingerprint density at radius 3 is 2.67 bits per heavy atom. The monoisotopic (exact) mass is 290 g/mol. The van der Waals surface area contributed by atoms with Crippen molar-refractivity contribution in [3.8, 4) is 0 Å². The van der Waals surface area contributed by atoms with Crippen molar-refractivity contribution in [2.24, 2.45) is 0 Å². The largest absolute Gasteiger partial charge is 0.398 e. The number of sulfone groups is 1. The molecule has 100 valence electrons. The lowest BCUT2D eigenvalue weighted by molar-refractivity contribution is -0.120. The van der Waals surface area contributed by atoms with Gasteiger partial charge in [0.15, 0.2) is 9.84 Å². The van der Waals surface area contributed by atoms with Crippen LogP contribution in [0.1, 0.15) is 13.3 Å². The number of hydrogen-bond acceptors (Lipinski definition) is 4. The Bertz CT molecular complexity index is 543. The Morgan fingerprint density at radius 1 is 1.44 bits per heavy atom. The van der Waals surface area contributed by atoms with Crippen LogP contribution in [-0.4, -0.2) is 26.6 Å². The highest BCUT2D eigenvalue weighted by Gasteiger charge is 2.17. The fourth-order valence-electron chi connectivity index (χ4n) is 1.33. The number of nitrogens with two attached hydrogens (primary N) is 1. The van der Waals surface area contributed by atoms with Gasteiger partial charge in [0.05, 0.1) is 21.4 Å². The van der Waals surface area contributed by atoms with E-state index in [1.807, 2.05) is 0 Å². The molecule has 0 bridgehead atoms. The van der Waals surface area contributed by atoms with Crippen LogP contribution in [0.5, 0.6) is 0 Å². The summed E-state index contributed by atoms with van der Waals surface area (Å²) in [6.07, 6.45) is -0.0713. The third-order valence-electron chi connectivity index (χ3n) is 2.30. The van der Waals surface area contributed by atoms with Gasteiger partial charge in [-0.15, -0.1) is 0 Å². The number of carbonyl (C=O) groups is 1. The summed E-state index contributed by atoms with van der Waals surface area (Å²) in [4.78, 5) is 11.3. The molecule has 5 nitrogen and oxygen atoms in total. The van der Waals surface area contributed by atoms with Crippen molar-refractivity contribution in [2.75, 3.05) is 18.0 Å². The molecule has 0 aliphatic rings. The molecule has 0 aliphatic heterocycles. The van der Waals surface area contributed by atoms with Crippen LogP contribution < -0.4 is 11.1 Å². The van der Waals surface area contributed by atoms with E-state index in [2.05, 4.69) is 5.32 Å². The number of nitrogens with one attached hydrogen (secondary N) is 1. The second-order valence-corrected chi connectivity index (χ2v) is 6.22. The van der Waals surface area contributed by atoms with Crippen LogP contribution in [0.25, 0.3) is 0 Å². The zero-order valence-electron chi connectivity index (χ0n) is 9.94. The van der Waals surface area contributed by atoms with Gasteiger partial charge in [0, 0.05) is 13.0 Å². The third-order valence-corrected chi connectivity index (χ3v) is 4.34. The van der Waals surface area contributed by atoms with E-state index in [-0.39, 0.29) is 28.0 Å². The molecule has 18 heavy (non-hydrogen) atoms. The number of hydrogen-bond donors (Lipinski definition) is 2. The molecule has 0 radical (unpaired) electrons. The summed E-state index contributed by atoms with van der Waals surface area (Å²) in [6.45, 7) is 2.25. The van der Waals surface area contributed by atoms with E-state index in [4.69, 9.17) is 17.3 Å². The lowest BCUT2D eigenvalue weighted by atomic mass is 10.3. The van der Waals surface area contributed by atoms with Crippen molar-refractivity contribution < 1.29 is 13.2 Å². The van der Waals surface area contributed by atoms with Crippen molar-refractivity contribution in [3.63, 3.8) is 0 Å².